The lowest BCUT2D eigenvalue weighted by molar-refractivity contribution is -0.134. The fraction of sp³-hybridized carbons (Fsp3) is 0.690. The van der Waals surface area contributed by atoms with Gasteiger partial charge in [-0.2, -0.15) is 0 Å². The molecule has 0 N–H and O–H groups in total. The highest BCUT2D eigenvalue weighted by Gasteiger charge is 2.60. The zero-order chi connectivity index (χ0) is 27.0. The lowest BCUT2D eigenvalue weighted by Crippen LogP contribution is -2.54. The highest BCUT2D eigenvalue weighted by atomic mass is 16.7. The Morgan fingerprint density at radius 3 is 2.32 bits per heavy atom. The van der Waals surface area contributed by atoms with Gasteiger partial charge in [0, 0.05) is 24.3 Å². The molecule has 8 atom stereocenters. The largest absolute Gasteiger partial charge is 0.508 e. The van der Waals surface area contributed by atoms with Crippen molar-refractivity contribution in [1.29, 1.82) is 0 Å². The van der Waals surface area contributed by atoms with E-state index in [9.17, 15) is 14.4 Å². The van der Waals surface area contributed by atoms with Crippen LogP contribution < -0.4 is 0 Å². The van der Waals surface area contributed by atoms with Gasteiger partial charge >= 0.3 is 18.3 Å². The summed E-state index contributed by atoms with van der Waals surface area (Å²) < 4.78 is 25.7. The van der Waals surface area contributed by atoms with Crippen LogP contribution in [0.1, 0.15) is 59.3 Å². The van der Waals surface area contributed by atoms with Crippen molar-refractivity contribution in [1.82, 2.24) is 0 Å². The molecule has 37 heavy (non-hydrogen) atoms. The topological polar surface area (TPSA) is 97.4 Å². The molecule has 0 aromatic carbocycles. The van der Waals surface area contributed by atoms with Crippen LogP contribution in [0.5, 0.6) is 0 Å². The first-order chi connectivity index (χ1) is 17.6. The lowest BCUT2D eigenvalue weighted by atomic mass is 9.49. The van der Waals surface area contributed by atoms with E-state index in [0.29, 0.717) is 24.7 Å². The molecule has 8 nitrogen and oxygen atoms in total. The van der Waals surface area contributed by atoms with Gasteiger partial charge in [0.05, 0.1) is 21.3 Å². The van der Waals surface area contributed by atoms with Gasteiger partial charge in [0.15, 0.2) is 0 Å². The van der Waals surface area contributed by atoms with E-state index < -0.39 is 29.9 Å². The maximum absolute atomic E-state index is 12.3. The Labute approximate surface area is 219 Å². The van der Waals surface area contributed by atoms with Gasteiger partial charge in [-0.3, -0.25) is 0 Å². The fourth-order valence-electron chi connectivity index (χ4n) is 7.95. The lowest BCUT2D eigenvalue weighted by Gasteiger charge is -2.57. The first-order valence-electron chi connectivity index (χ1n) is 13.2. The van der Waals surface area contributed by atoms with E-state index in [4.69, 9.17) is 23.7 Å². The molecule has 4 aliphatic rings. The van der Waals surface area contributed by atoms with Crippen LogP contribution in [0.4, 0.5) is 9.59 Å². The van der Waals surface area contributed by atoms with Gasteiger partial charge in [-0.05, 0) is 54.8 Å². The Kier molecular flexibility index (Phi) is 7.77. The number of carbonyl (C=O) groups excluding carboxylic acids is 3. The summed E-state index contributed by atoms with van der Waals surface area (Å²) in [5.41, 5.74) is 2.26. The van der Waals surface area contributed by atoms with Crippen molar-refractivity contribution in [2.45, 2.75) is 71.5 Å². The molecule has 0 unspecified atom stereocenters. The third-order valence-electron chi connectivity index (χ3n) is 9.88. The SMILES string of the molecule is COC(=O)/C=C\[C@H](C)[C@H]1CC[C@H]2C3=CC=C4C[C@@H](OC(=O)OC)C[C@H](OC(=O)OC)[C@]4(C)[C@H]3CC[C@]12C. The summed E-state index contributed by atoms with van der Waals surface area (Å²) in [4.78, 5) is 35.8. The van der Waals surface area contributed by atoms with E-state index in [1.807, 2.05) is 6.08 Å². The van der Waals surface area contributed by atoms with E-state index >= 15 is 0 Å². The molecule has 0 amide bonds. The molecular weight excluding hydrogens is 476 g/mol. The average molecular weight is 517 g/mol. The third-order valence-corrected chi connectivity index (χ3v) is 9.88. The number of carbonyl (C=O) groups is 3. The Balaban J connectivity index is 1.64. The molecule has 4 rings (SSSR count). The number of ether oxygens (including phenoxy) is 5. The fourth-order valence-corrected chi connectivity index (χ4v) is 7.95. The molecule has 0 bridgehead atoms. The van der Waals surface area contributed by atoms with Crippen LogP contribution in [0.15, 0.2) is 35.5 Å². The molecular formula is C29H40O8. The zero-order valence-corrected chi connectivity index (χ0v) is 22.8. The summed E-state index contributed by atoms with van der Waals surface area (Å²) in [6.07, 6.45) is 10.8. The van der Waals surface area contributed by atoms with Crippen LogP contribution in [-0.2, 0) is 28.5 Å². The van der Waals surface area contributed by atoms with E-state index in [2.05, 4.69) is 32.9 Å². The minimum absolute atomic E-state index is 0.119. The second kappa shape index (κ2) is 10.5. The molecule has 0 aliphatic heterocycles. The van der Waals surface area contributed by atoms with Gasteiger partial charge in [0.2, 0.25) is 0 Å². The summed E-state index contributed by atoms with van der Waals surface area (Å²) in [6.45, 7) is 6.79. The first kappa shape index (κ1) is 27.3. The van der Waals surface area contributed by atoms with Gasteiger partial charge in [-0.1, -0.05) is 50.1 Å². The molecule has 0 spiro atoms. The number of hydrogen-bond donors (Lipinski definition) is 0. The van der Waals surface area contributed by atoms with Gasteiger partial charge < -0.3 is 23.7 Å². The van der Waals surface area contributed by atoms with Crippen molar-refractivity contribution < 1.29 is 38.1 Å². The van der Waals surface area contributed by atoms with Crippen LogP contribution in [-0.4, -0.2) is 51.8 Å². The predicted molar refractivity (Wildman–Crippen MR) is 135 cm³/mol. The van der Waals surface area contributed by atoms with Crippen LogP contribution in [0.2, 0.25) is 0 Å². The normalized spacial score (nSPS) is 37.2. The number of rotatable bonds is 5. The van der Waals surface area contributed by atoms with Crippen LogP contribution >= 0.6 is 0 Å². The van der Waals surface area contributed by atoms with Crippen LogP contribution in [0, 0.1) is 34.5 Å². The third kappa shape index (κ3) is 4.79. The Morgan fingerprint density at radius 1 is 0.946 bits per heavy atom. The smallest absolute Gasteiger partial charge is 0.466 e. The molecule has 3 fully saturated rings. The molecule has 0 radical (unpaired) electrons. The van der Waals surface area contributed by atoms with Gasteiger partial charge in [0.1, 0.15) is 12.2 Å². The van der Waals surface area contributed by atoms with Gasteiger partial charge in [-0.15, -0.1) is 0 Å². The molecule has 204 valence electrons. The zero-order valence-electron chi connectivity index (χ0n) is 22.8. The highest BCUT2D eigenvalue weighted by molar-refractivity contribution is 5.81. The van der Waals surface area contributed by atoms with E-state index in [1.165, 1.54) is 26.9 Å². The summed E-state index contributed by atoms with van der Waals surface area (Å²) in [6, 6.07) is 0. The van der Waals surface area contributed by atoms with Gasteiger partial charge in [0.25, 0.3) is 0 Å². The minimum atomic E-state index is -0.737. The molecule has 0 aromatic heterocycles. The number of allylic oxidation sites excluding steroid dienone is 4. The second-order valence-electron chi connectivity index (χ2n) is 11.4. The van der Waals surface area contributed by atoms with Crippen molar-refractivity contribution >= 4 is 18.3 Å². The van der Waals surface area contributed by atoms with Crippen molar-refractivity contribution in [2.24, 2.45) is 34.5 Å². The predicted octanol–water partition coefficient (Wildman–Crippen LogP) is 5.76. The van der Waals surface area contributed by atoms with Crippen molar-refractivity contribution in [3.8, 4) is 0 Å². The van der Waals surface area contributed by atoms with Crippen molar-refractivity contribution in [3.05, 3.63) is 35.5 Å². The second-order valence-corrected chi connectivity index (χ2v) is 11.4. The first-order valence-corrected chi connectivity index (χ1v) is 13.2. The highest BCUT2D eigenvalue weighted by Crippen LogP contribution is 2.66. The van der Waals surface area contributed by atoms with E-state index in [1.54, 1.807) is 6.08 Å². The Hall–Kier alpha value is -2.77. The average Bonchev–Trinajstić information content (AvgIpc) is 3.24. The van der Waals surface area contributed by atoms with Crippen LogP contribution in [0.25, 0.3) is 0 Å². The molecule has 0 aromatic rings. The molecule has 0 heterocycles. The number of fused-ring (bicyclic) bond motifs is 5. The number of hydrogen-bond acceptors (Lipinski definition) is 8. The maximum Gasteiger partial charge on any atom is 0.508 e. The summed E-state index contributed by atoms with van der Waals surface area (Å²) >= 11 is 0. The maximum atomic E-state index is 12.3. The van der Waals surface area contributed by atoms with Crippen molar-refractivity contribution in [2.75, 3.05) is 21.3 Å². The van der Waals surface area contributed by atoms with E-state index in [0.717, 1.165) is 31.3 Å². The number of esters is 1. The molecule has 8 heteroatoms. The van der Waals surface area contributed by atoms with E-state index in [-0.39, 0.29) is 23.2 Å². The summed E-state index contributed by atoms with van der Waals surface area (Å²) in [5, 5.41) is 0. The summed E-state index contributed by atoms with van der Waals surface area (Å²) in [7, 11) is 3.99. The van der Waals surface area contributed by atoms with Crippen molar-refractivity contribution in [3.63, 3.8) is 0 Å². The molecule has 0 saturated heterocycles. The van der Waals surface area contributed by atoms with Gasteiger partial charge in [-0.25, -0.2) is 14.4 Å². The quantitative estimate of drug-likeness (QED) is 0.258. The minimum Gasteiger partial charge on any atom is -0.466 e. The Morgan fingerprint density at radius 2 is 1.65 bits per heavy atom. The Bertz CT molecular complexity index is 1010. The monoisotopic (exact) mass is 516 g/mol. The standard InChI is InChI=1S/C29H40O8/c1-17(7-12-25(30)33-4)21-10-11-22-20-9-8-18-15-19(36-26(31)34-5)16-24(37-27(32)35-6)29(18,3)23(20)13-14-28(21,22)2/h7-9,12,17,19,21-24H,10-11,13-16H2,1-6H3/b12-7-/t17-,19+,21+,22-,23-,24-,28+,29-/m0/s1. The van der Waals surface area contributed by atoms with Crippen LogP contribution in [0.3, 0.4) is 0 Å². The summed E-state index contributed by atoms with van der Waals surface area (Å²) in [5.74, 6) is 1.04. The molecule has 3 saturated carbocycles. The number of methoxy groups -OCH3 is 3. The molecule has 4 aliphatic carbocycles.